The molecule has 2 amide bonds. The number of hydrogen-bond acceptors (Lipinski definition) is 7. The first kappa shape index (κ1) is 42.5. The number of aliphatic hydroxyl groups excluding tert-OH is 2. The van der Waals surface area contributed by atoms with Crippen LogP contribution in [0.25, 0.3) is 0 Å². The summed E-state index contributed by atoms with van der Waals surface area (Å²) in [4.78, 5) is 28.4. The Bertz CT molecular complexity index is 1300. The number of nitrogens with one attached hydrogen (secondary N) is 2. The molecule has 0 saturated heterocycles. The Balaban J connectivity index is 2.25. The van der Waals surface area contributed by atoms with Crippen molar-refractivity contribution in [3.05, 3.63) is 35.9 Å². The topological polar surface area (TPSA) is 139 Å². The molecular weight excluding hydrogens is 661 g/mol. The first-order valence-electron chi connectivity index (χ1n) is 17.0. The number of sulfonamides is 1. The summed E-state index contributed by atoms with van der Waals surface area (Å²) >= 11 is 0. The molecule has 0 aliphatic heterocycles. The number of benzene rings is 1. The van der Waals surface area contributed by atoms with Gasteiger partial charge in [-0.2, -0.15) is 13.2 Å². The summed E-state index contributed by atoms with van der Waals surface area (Å²) in [6.45, 7) is 2.21. The van der Waals surface area contributed by atoms with Crippen LogP contribution in [0.1, 0.15) is 70.8 Å². The van der Waals surface area contributed by atoms with Crippen LogP contribution in [0.15, 0.2) is 30.3 Å². The molecule has 0 bridgehead atoms. The molecule has 1 aliphatic rings. The van der Waals surface area contributed by atoms with Crippen LogP contribution in [0.4, 0.5) is 13.2 Å². The SMILES string of the molecule is C#CC[C@H](NC(=O)[C@@H](Cc1ccccc1)CS(=O)(=O)N(C)CCN(C)CC(F)(F)F)C(=O)N[C@@H](CC1CCCCC1)[C@@H](O)[C@@H](O)CC(C)C. The van der Waals surface area contributed by atoms with Gasteiger partial charge in [-0.05, 0) is 43.7 Å². The third-order valence-corrected chi connectivity index (χ3v) is 10.9. The Morgan fingerprint density at radius 2 is 1.65 bits per heavy atom. The Morgan fingerprint density at radius 1 is 1.02 bits per heavy atom. The van der Waals surface area contributed by atoms with Crippen molar-refractivity contribution in [2.45, 2.75) is 102 Å². The number of rotatable bonds is 20. The van der Waals surface area contributed by atoms with Crippen molar-refractivity contribution in [2.75, 3.05) is 39.5 Å². The molecule has 0 radical (unpaired) electrons. The van der Waals surface area contributed by atoms with Crippen molar-refractivity contribution in [1.29, 1.82) is 0 Å². The van der Waals surface area contributed by atoms with Gasteiger partial charge in [0.05, 0.1) is 30.4 Å². The summed E-state index contributed by atoms with van der Waals surface area (Å²) in [5.41, 5.74) is 0.665. The Morgan fingerprint density at radius 3 is 2.22 bits per heavy atom. The van der Waals surface area contributed by atoms with Crippen molar-refractivity contribution in [3.8, 4) is 12.3 Å². The zero-order chi connectivity index (χ0) is 36.8. The fraction of sp³-hybridized carbons (Fsp3) is 0.714. The van der Waals surface area contributed by atoms with Crippen LogP contribution in [0.5, 0.6) is 0 Å². The molecule has 0 heterocycles. The normalized spacial score (nSPS) is 17.7. The van der Waals surface area contributed by atoms with Crippen LogP contribution in [0, 0.1) is 30.1 Å². The van der Waals surface area contributed by atoms with Gasteiger partial charge in [0.15, 0.2) is 0 Å². The van der Waals surface area contributed by atoms with E-state index in [1.165, 1.54) is 14.1 Å². The van der Waals surface area contributed by atoms with Crippen LogP contribution in [-0.2, 0) is 26.0 Å². The van der Waals surface area contributed by atoms with Gasteiger partial charge < -0.3 is 20.8 Å². The second-order valence-corrected chi connectivity index (χ2v) is 16.0. The summed E-state index contributed by atoms with van der Waals surface area (Å²) in [7, 11) is -1.66. The maximum atomic E-state index is 13.8. The lowest BCUT2D eigenvalue weighted by Gasteiger charge is -2.33. The number of hydrogen-bond donors (Lipinski definition) is 4. The molecule has 1 aliphatic carbocycles. The average Bonchev–Trinajstić information content (AvgIpc) is 3.02. The second-order valence-electron chi connectivity index (χ2n) is 13.9. The van der Waals surface area contributed by atoms with Gasteiger partial charge in [0, 0.05) is 26.6 Å². The minimum absolute atomic E-state index is 0.00251. The number of carbonyl (C=O) groups is 2. The molecule has 2 rings (SSSR count). The molecule has 1 aromatic rings. The molecule has 0 aromatic heterocycles. The van der Waals surface area contributed by atoms with Gasteiger partial charge in [-0.3, -0.25) is 14.5 Å². The fourth-order valence-electron chi connectivity index (χ4n) is 6.20. The van der Waals surface area contributed by atoms with Gasteiger partial charge >= 0.3 is 6.18 Å². The van der Waals surface area contributed by atoms with Crippen molar-refractivity contribution >= 4 is 21.8 Å². The van der Waals surface area contributed by atoms with Crippen molar-refractivity contribution in [2.24, 2.45) is 17.8 Å². The third-order valence-electron chi connectivity index (χ3n) is 8.94. The minimum atomic E-state index is -4.44. The summed E-state index contributed by atoms with van der Waals surface area (Å²) < 4.78 is 66.0. The van der Waals surface area contributed by atoms with Crippen molar-refractivity contribution < 1.29 is 41.4 Å². The van der Waals surface area contributed by atoms with Gasteiger partial charge in [0.2, 0.25) is 21.8 Å². The Kier molecular flexibility index (Phi) is 17.5. The summed E-state index contributed by atoms with van der Waals surface area (Å²) in [6, 6.07) is 6.65. The van der Waals surface area contributed by atoms with E-state index in [4.69, 9.17) is 6.42 Å². The molecule has 14 heteroatoms. The van der Waals surface area contributed by atoms with Crippen LogP contribution in [0.2, 0.25) is 0 Å². The molecular formula is C35H55F3N4O6S. The molecule has 49 heavy (non-hydrogen) atoms. The molecule has 1 aromatic carbocycles. The maximum absolute atomic E-state index is 13.8. The summed E-state index contributed by atoms with van der Waals surface area (Å²) in [6.07, 6.45) is 4.43. The van der Waals surface area contributed by atoms with Gasteiger partial charge in [-0.1, -0.05) is 76.3 Å². The maximum Gasteiger partial charge on any atom is 0.401 e. The summed E-state index contributed by atoms with van der Waals surface area (Å²) in [5, 5.41) is 27.4. The predicted octanol–water partition coefficient (Wildman–Crippen LogP) is 3.33. The quantitative estimate of drug-likeness (QED) is 0.152. The van der Waals surface area contributed by atoms with Crippen molar-refractivity contribution in [1.82, 2.24) is 19.8 Å². The van der Waals surface area contributed by atoms with Crippen LogP contribution in [0.3, 0.4) is 0 Å². The lowest BCUT2D eigenvalue weighted by atomic mass is 9.82. The minimum Gasteiger partial charge on any atom is -0.390 e. The van der Waals surface area contributed by atoms with E-state index in [1.54, 1.807) is 30.3 Å². The number of likely N-dealkylation sites (N-methyl/N-ethyl adjacent to an activating group) is 2. The molecule has 1 saturated carbocycles. The lowest BCUT2D eigenvalue weighted by molar-refractivity contribution is -0.143. The predicted molar refractivity (Wildman–Crippen MR) is 184 cm³/mol. The monoisotopic (exact) mass is 716 g/mol. The molecule has 278 valence electrons. The molecule has 0 spiro atoms. The van der Waals surface area contributed by atoms with Crippen LogP contribution >= 0.6 is 0 Å². The standard InChI is InChI=1S/C35H55F3N4O6S/c1-6-13-29(34(46)40-30(22-27-16-11-8-12-17-27)32(44)31(43)20-25(2)3)39-33(45)28(21-26-14-9-7-10-15-26)23-49(47,48)42(5)19-18-41(4)24-35(36,37)38/h1,7,9-10,14-15,25,27-32,43-44H,8,11-13,16-24H2,2-5H3,(H,39,45)(H,40,46)/t28-,29-,30-,31-,32+/m0/s1. The van der Waals surface area contributed by atoms with Gasteiger partial charge in [0.25, 0.3) is 0 Å². The van der Waals surface area contributed by atoms with E-state index in [-0.39, 0.29) is 37.8 Å². The molecule has 4 N–H and O–H groups in total. The lowest BCUT2D eigenvalue weighted by Crippen LogP contribution is -2.56. The van der Waals surface area contributed by atoms with E-state index in [0.29, 0.717) is 18.4 Å². The number of carbonyl (C=O) groups excluding carboxylic acids is 2. The number of terminal acetylenes is 1. The summed E-state index contributed by atoms with van der Waals surface area (Å²) in [5.74, 6) is -0.510. The highest BCUT2D eigenvalue weighted by molar-refractivity contribution is 7.89. The number of aliphatic hydroxyl groups is 2. The highest BCUT2D eigenvalue weighted by atomic mass is 32.2. The van der Waals surface area contributed by atoms with E-state index in [1.807, 2.05) is 13.8 Å². The highest BCUT2D eigenvalue weighted by Gasteiger charge is 2.35. The van der Waals surface area contributed by atoms with Crippen molar-refractivity contribution in [3.63, 3.8) is 0 Å². The number of amides is 2. The Hall–Kier alpha value is -2.70. The molecule has 10 nitrogen and oxygen atoms in total. The van der Waals surface area contributed by atoms with Crippen LogP contribution in [-0.4, -0.2) is 110 Å². The average molecular weight is 717 g/mol. The fourth-order valence-corrected chi connectivity index (χ4v) is 7.59. The smallest absolute Gasteiger partial charge is 0.390 e. The second kappa shape index (κ2) is 20.2. The molecule has 1 fully saturated rings. The van der Waals surface area contributed by atoms with Gasteiger partial charge in [-0.15, -0.1) is 12.3 Å². The highest BCUT2D eigenvalue weighted by Crippen LogP contribution is 2.29. The third kappa shape index (κ3) is 15.8. The number of nitrogens with zero attached hydrogens (tertiary/aromatic N) is 2. The molecule has 0 unspecified atom stereocenters. The zero-order valence-electron chi connectivity index (χ0n) is 29.2. The van der Waals surface area contributed by atoms with E-state index in [2.05, 4.69) is 16.6 Å². The first-order chi connectivity index (χ1) is 22.9. The van der Waals surface area contributed by atoms with E-state index >= 15 is 0 Å². The zero-order valence-corrected chi connectivity index (χ0v) is 30.0. The number of alkyl halides is 3. The van der Waals surface area contributed by atoms with E-state index < -0.39 is 70.5 Å². The number of halogens is 3. The van der Waals surface area contributed by atoms with Crippen LogP contribution < -0.4 is 10.6 Å². The van der Waals surface area contributed by atoms with E-state index in [0.717, 1.165) is 41.3 Å². The van der Waals surface area contributed by atoms with Gasteiger partial charge in [0.1, 0.15) is 12.1 Å². The Labute approximate surface area is 290 Å². The van der Waals surface area contributed by atoms with Gasteiger partial charge in [-0.25, -0.2) is 12.7 Å². The first-order valence-corrected chi connectivity index (χ1v) is 18.7. The molecule has 5 atom stereocenters. The van der Waals surface area contributed by atoms with E-state index in [9.17, 15) is 41.4 Å². The largest absolute Gasteiger partial charge is 0.401 e.